The average molecular weight is 367 g/mol. The standard InChI is InChI=1S/C17H16Cl2N2O3/c18-12-6-7-15(19)14(10-12)17(23)21-9-8-20-16(22)11-24-13-4-2-1-3-5-13/h1-7,10H,8-9,11H2,(H,20,22)(H,21,23). The van der Waals surface area contributed by atoms with E-state index in [1.807, 2.05) is 18.2 Å². The lowest BCUT2D eigenvalue weighted by Crippen LogP contribution is -2.36. The number of hydrogen-bond acceptors (Lipinski definition) is 3. The number of ether oxygens (including phenoxy) is 1. The summed E-state index contributed by atoms with van der Waals surface area (Å²) >= 11 is 11.8. The first-order valence-corrected chi connectivity index (χ1v) is 7.99. The molecule has 0 unspecified atom stereocenters. The largest absolute Gasteiger partial charge is 0.484 e. The second kappa shape index (κ2) is 9.15. The zero-order chi connectivity index (χ0) is 17.4. The molecule has 5 nitrogen and oxygen atoms in total. The summed E-state index contributed by atoms with van der Waals surface area (Å²) in [5.41, 5.74) is 0.294. The van der Waals surface area contributed by atoms with Crippen molar-refractivity contribution in [3.05, 3.63) is 64.1 Å². The molecular weight excluding hydrogens is 351 g/mol. The zero-order valence-corrected chi connectivity index (χ0v) is 14.2. The Bertz CT molecular complexity index is 708. The highest BCUT2D eigenvalue weighted by Crippen LogP contribution is 2.20. The third-order valence-corrected chi connectivity index (χ3v) is 3.58. The van der Waals surface area contributed by atoms with E-state index in [4.69, 9.17) is 27.9 Å². The fraction of sp³-hybridized carbons (Fsp3) is 0.176. The number of amides is 2. The number of hydrogen-bond donors (Lipinski definition) is 2. The maximum absolute atomic E-state index is 12.0. The number of carbonyl (C=O) groups excluding carboxylic acids is 2. The van der Waals surface area contributed by atoms with Gasteiger partial charge in [0.25, 0.3) is 11.8 Å². The van der Waals surface area contributed by atoms with Crippen LogP contribution in [-0.4, -0.2) is 31.5 Å². The van der Waals surface area contributed by atoms with Crippen LogP contribution in [0.25, 0.3) is 0 Å². The molecule has 0 aliphatic carbocycles. The minimum Gasteiger partial charge on any atom is -0.484 e. The molecule has 0 aromatic heterocycles. The van der Waals surface area contributed by atoms with E-state index in [1.54, 1.807) is 24.3 Å². The highest BCUT2D eigenvalue weighted by molar-refractivity contribution is 6.35. The molecule has 2 aromatic carbocycles. The summed E-state index contributed by atoms with van der Waals surface area (Å²) in [5.74, 6) is 0.00252. The molecule has 7 heteroatoms. The fourth-order valence-corrected chi connectivity index (χ4v) is 2.24. The van der Waals surface area contributed by atoms with Gasteiger partial charge in [0.05, 0.1) is 10.6 Å². The van der Waals surface area contributed by atoms with Crippen molar-refractivity contribution >= 4 is 35.0 Å². The number of halogens is 2. The molecule has 0 aliphatic heterocycles. The topological polar surface area (TPSA) is 67.4 Å². The van der Waals surface area contributed by atoms with Crippen molar-refractivity contribution in [2.24, 2.45) is 0 Å². The van der Waals surface area contributed by atoms with Crippen molar-refractivity contribution in [1.82, 2.24) is 10.6 Å². The van der Waals surface area contributed by atoms with Crippen molar-refractivity contribution in [3.8, 4) is 5.75 Å². The quantitative estimate of drug-likeness (QED) is 0.740. The van der Waals surface area contributed by atoms with Crippen LogP contribution >= 0.6 is 23.2 Å². The second-order valence-electron chi connectivity index (χ2n) is 4.83. The van der Waals surface area contributed by atoms with Crippen molar-refractivity contribution in [1.29, 1.82) is 0 Å². The van der Waals surface area contributed by atoms with E-state index in [2.05, 4.69) is 10.6 Å². The minimum absolute atomic E-state index is 0.0852. The van der Waals surface area contributed by atoms with Gasteiger partial charge in [-0.05, 0) is 30.3 Å². The van der Waals surface area contributed by atoms with E-state index in [1.165, 1.54) is 6.07 Å². The zero-order valence-electron chi connectivity index (χ0n) is 12.7. The van der Waals surface area contributed by atoms with Gasteiger partial charge in [0.1, 0.15) is 5.75 Å². The highest BCUT2D eigenvalue weighted by Gasteiger charge is 2.10. The number of nitrogens with one attached hydrogen (secondary N) is 2. The highest BCUT2D eigenvalue weighted by atomic mass is 35.5. The van der Waals surface area contributed by atoms with E-state index in [0.29, 0.717) is 21.4 Å². The molecule has 2 N–H and O–H groups in total. The van der Waals surface area contributed by atoms with E-state index >= 15 is 0 Å². The van der Waals surface area contributed by atoms with Gasteiger partial charge in [-0.3, -0.25) is 9.59 Å². The van der Waals surface area contributed by atoms with Crippen LogP contribution in [0, 0.1) is 0 Å². The van der Waals surface area contributed by atoms with Crippen molar-refractivity contribution in [2.75, 3.05) is 19.7 Å². The summed E-state index contributed by atoms with van der Waals surface area (Å²) < 4.78 is 5.31. The number of carbonyl (C=O) groups is 2. The van der Waals surface area contributed by atoms with E-state index < -0.39 is 0 Å². The first-order chi connectivity index (χ1) is 11.6. The van der Waals surface area contributed by atoms with Crippen LogP contribution < -0.4 is 15.4 Å². The molecule has 24 heavy (non-hydrogen) atoms. The Morgan fingerprint density at radius 3 is 2.42 bits per heavy atom. The molecular formula is C17H16Cl2N2O3. The van der Waals surface area contributed by atoms with Crippen LogP contribution in [0.5, 0.6) is 5.75 Å². The molecule has 0 heterocycles. The lowest BCUT2D eigenvalue weighted by Gasteiger charge is -2.09. The summed E-state index contributed by atoms with van der Waals surface area (Å²) in [6, 6.07) is 13.7. The number of rotatable bonds is 7. The Labute approximate surface area is 149 Å². The first kappa shape index (κ1) is 18.1. The molecule has 2 aromatic rings. The van der Waals surface area contributed by atoms with E-state index in [-0.39, 0.29) is 31.5 Å². The monoisotopic (exact) mass is 366 g/mol. The maximum Gasteiger partial charge on any atom is 0.258 e. The Hall–Kier alpha value is -2.24. The average Bonchev–Trinajstić information content (AvgIpc) is 2.59. The minimum atomic E-state index is -0.350. The first-order valence-electron chi connectivity index (χ1n) is 7.24. The van der Waals surface area contributed by atoms with Gasteiger partial charge in [-0.1, -0.05) is 41.4 Å². The molecule has 0 fully saturated rings. The second-order valence-corrected chi connectivity index (χ2v) is 5.68. The summed E-state index contributed by atoms with van der Waals surface area (Å²) in [7, 11) is 0. The van der Waals surface area contributed by atoms with Gasteiger partial charge in [-0.2, -0.15) is 0 Å². The van der Waals surface area contributed by atoms with Crippen LogP contribution in [0.1, 0.15) is 10.4 Å². The third kappa shape index (κ3) is 5.76. The Morgan fingerprint density at radius 2 is 1.67 bits per heavy atom. The fourth-order valence-electron chi connectivity index (χ4n) is 1.86. The summed E-state index contributed by atoms with van der Waals surface area (Å²) in [6.07, 6.45) is 0. The molecule has 0 saturated heterocycles. The Morgan fingerprint density at radius 1 is 0.958 bits per heavy atom. The van der Waals surface area contributed by atoms with Gasteiger partial charge in [0, 0.05) is 18.1 Å². The molecule has 0 spiro atoms. The normalized spacial score (nSPS) is 10.1. The van der Waals surface area contributed by atoms with Gasteiger partial charge >= 0.3 is 0 Å². The van der Waals surface area contributed by atoms with Gasteiger partial charge in [-0.15, -0.1) is 0 Å². The number of benzene rings is 2. The predicted octanol–water partition coefficient (Wildman–Crippen LogP) is 2.92. The SMILES string of the molecule is O=C(COc1ccccc1)NCCNC(=O)c1cc(Cl)ccc1Cl. The molecule has 0 saturated carbocycles. The lowest BCUT2D eigenvalue weighted by molar-refractivity contribution is -0.123. The van der Waals surface area contributed by atoms with Gasteiger partial charge in [0.2, 0.25) is 0 Å². The molecule has 2 rings (SSSR count). The van der Waals surface area contributed by atoms with Crippen LogP contribution in [0.15, 0.2) is 48.5 Å². The maximum atomic E-state index is 12.0. The summed E-state index contributed by atoms with van der Waals surface area (Å²) in [4.78, 5) is 23.6. The van der Waals surface area contributed by atoms with Crippen LogP contribution in [0.2, 0.25) is 10.0 Å². The van der Waals surface area contributed by atoms with Crippen LogP contribution in [0.4, 0.5) is 0 Å². The predicted molar refractivity (Wildman–Crippen MR) is 93.7 cm³/mol. The van der Waals surface area contributed by atoms with Crippen molar-refractivity contribution in [2.45, 2.75) is 0 Å². The van der Waals surface area contributed by atoms with Gasteiger partial charge in [0.15, 0.2) is 6.61 Å². The molecule has 2 amide bonds. The summed E-state index contributed by atoms with van der Waals surface area (Å²) in [6.45, 7) is 0.456. The lowest BCUT2D eigenvalue weighted by atomic mass is 10.2. The molecule has 0 atom stereocenters. The molecule has 126 valence electrons. The molecule has 0 bridgehead atoms. The Balaban J connectivity index is 1.68. The van der Waals surface area contributed by atoms with Gasteiger partial charge < -0.3 is 15.4 Å². The number of para-hydroxylation sites is 1. The smallest absolute Gasteiger partial charge is 0.258 e. The van der Waals surface area contributed by atoms with E-state index in [9.17, 15) is 9.59 Å². The molecule has 0 aliphatic rings. The third-order valence-electron chi connectivity index (χ3n) is 3.02. The van der Waals surface area contributed by atoms with E-state index in [0.717, 1.165) is 0 Å². The van der Waals surface area contributed by atoms with Crippen molar-refractivity contribution in [3.63, 3.8) is 0 Å². The molecule has 0 radical (unpaired) electrons. The summed E-state index contributed by atoms with van der Waals surface area (Å²) in [5, 5.41) is 6.05. The Kier molecular flexibility index (Phi) is 6.90. The van der Waals surface area contributed by atoms with Gasteiger partial charge in [-0.25, -0.2) is 0 Å². The van der Waals surface area contributed by atoms with Crippen LogP contribution in [0.3, 0.4) is 0 Å². The van der Waals surface area contributed by atoms with Crippen LogP contribution in [-0.2, 0) is 4.79 Å². The van der Waals surface area contributed by atoms with Crippen molar-refractivity contribution < 1.29 is 14.3 Å².